The predicted molar refractivity (Wildman–Crippen MR) is 98.0 cm³/mol. The Morgan fingerprint density at radius 3 is 2.76 bits per heavy atom. The van der Waals surface area contributed by atoms with Crippen molar-refractivity contribution < 1.29 is 19.4 Å². The van der Waals surface area contributed by atoms with Crippen LogP contribution in [0, 0.1) is 5.92 Å². The zero-order valence-electron chi connectivity index (χ0n) is 15.0. The molecule has 0 aliphatic heterocycles. The fraction of sp³-hybridized carbons (Fsp3) is 0.632. The molecule has 0 amide bonds. The SMILES string of the molecule is CCOC(=O)C1CCC(O)(CN(C)CCOc2cccc(Cl)c2)CC1. The summed E-state index contributed by atoms with van der Waals surface area (Å²) in [6, 6.07) is 7.32. The Kier molecular flexibility index (Phi) is 7.54. The Hall–Kier alpha value is -1.30. The number of esters is 1. The second-order valence-electron chi connectivity index (χ2n) is 6.79. The van der Waals surface area contributed by atoms with Gasteiger partial charge in [0.25, 0.3) is 0 Å². The maximum absolute atomic E-state index is 11.8. The third-order valence-corrected chi connectivity index (χ3v) is 4.87. The Balaban J connectivity index is 1.71. The first-order chi connectivity index (χ1) is 11.9. The average molecular weight is 370 g/mol. The highest BCUT2D eigenvalue weighted by atomic mass is 35.5. The molecule has 0 heterocycles. The molecule has 1 aliphatic carbocycles. The van der Waals surface area contributed by atoms with E-state index in [2.05, 4.69) is 4.90 Å². The average Bonchev–Trinajstić information content (AvgIpc) is 2.55. The standard InChI is InChI=1S/C19H28ClNO4/c1-3-24-18(22)15-7-9-19(23,10-8-15)14-21(2)11-12-25-17-6-4-5-16(20)13-17/h4-6,13,15,23H,3,7-12,14H2,1-2H3. The highest BCUT2D eigenvalue weighted by Crippen LogP contribution is 2.33. The molecule has 1 N–H and O–H groups in total. The number of carbonyl (C=O) groups excluding carboxylic acids is 1. The Morgan fingerprint density at radius 1 is 1.40 bits per heavy atom. The van der Waals surface area contributed by atoms with E-state index in [1.807, 2.05) is 32.2 Å². The molecule has 1 aromatic carbocycles. The first-order valence-corrected chi connectivity index (χ1v) is 9.25. The van der Waals surface area contributed by atoms with Crippen molar-refractivity contribution in [2.45, 2.75) is 38.2 Å². The fourth-order valence-electron chi connectivity index (χ4n) is 3.27. The van der Waals surface area contributed by atoms with Gasteiger partial charge in [-0.15, -0.1) is 0 Å². The lowest BCUT2D eigenvalue weighted by molar-refractivity contribution is -0.151. The molecule has 0 atom stereocenters. The number of hydrogen-bond donors (Lipinski definition) is 1. The molecule has 0 spiro atoms. The summed E-state index contributed by atoms with van der Waals surface area (Å²) in [5, 5.41) is 11.4. The van der Waals surface area contributed by atoms with Crippen LogP contribution in [0.2, 0.25) is 5.02 Å². The van der Waals surface area contributed by atoms with Crippen LogP contribution in [-0.4, -0.2) is 54.9 Å². The van der Waals surface area contributed by atoms with Gasteiger partial charge in [-0.25, -0.2) is 0 Å². The molecule has 5 nitrogen and oxygen atoms in total. The van der Waals surface area contributed by atoms with Crippen LogP contribution >= 0.6 is 11.6 Å². The van der Waals surface area contributed by atoms with Crippen molar-refractivity contribution in [3.05, 3.63) is 29.3 Å². The van der Waals surface area contributed by atoms with E-state index in [0.717, 1.165) is 5.75 Å². The van der Waals surface area contributed by atoms with E-state index in [-0.39, 0.29) is 11.9 Å². The molecule has 1 fully saturated rings. The van der Waals surface area contributed by atoms with Gasteiger partial charge in [0.2, 0.25) is 0 Å². The van der Waals surface area contributed by atoms with Crippen LogP contribution in [0.15, 0.2) is 24.3 Å². The van der Waals surface area contributed by atoms with Crippen LogP contribution in [-0.2, 0) is 9.53 Å². The van der Waals surface area contributed by atoms with E-state index >= 15 is 0 Å². The number of carbonyl (C=O) groups is 1. The topological polar surface area (TPSA) is 59.0 Å². The van der Waals surface area contributed by atoms with E-state index < -0.39 is 5.60 Å². The lowest BCUT2D eigenvalue weighted by Crippen LogP contribution is -2.46. The molecule has 0 bridgehead atoms. The number of hydrogen-bond acceptors (Lipinski definition) is 5. The van der Waals surface area contributed by atoms with E-state index in [1.54, 1.807) is 6.07 Å². The number of ether oxygens (including phenoxy) is 2. The first-order valence-electron chi connectivity index (χ1n) is 8.88. The zero-order valence-corrected chi connectivity index (χ0v) is 15.8. The van der Waals surface area contributed by atoms with Crippen molar-refractivity contribution in [3.8, 4) is 5.75 Å². The van der Waals surface area contributed by atoms with Gasteiger partial charge in [0, 0.05) is 18.1 Å². The third-order valence-electron chi connectivity index (χ3n) is 4.64. The van der Waals surface area contributed by atoms with Crippen molar-refractivity contribution in [1.29, 1.82) is 0 Å². The molecule has 140 valence electrons. The lowest BCUT2D eigenvalue weighted by atomic mass is 9.78. The second-order valence-corrected chi connectivity index (χ2v) is 7.23. The molecular weight excluding hydrogens is 342 g/mol. The molecule has 0 saturated heterocycles. The van der Waals surface area contributed by atoms with Crippen molar-refractivity contribution >= 4 is 17.6 Å². The van der Waals surface area contributed by atoms with E-state index in [0.29, 0.717) is 57.0 Å². The van der Waals surface area contributed by atoms with Gasteiger partial charge in [0.05, 0.1) is 18.1 Å². The maximum atomic E-state index is 11.8. The van der Waals surface area contributed by atoms with E-state index in [1.165, 1.54) is 0 Å². The Bertz CT molecular complexity index is 558. The highest BCUT2D eigenvalue weighted by molar-refractivity contribution is 6.30. The summed E-state index contributed by atoms with van der Waals surface area (Å²) in [4.78, 5) is 13.9. The van der Waals surface area contributed by atoms with Gasteiger partial charge in [-0.3, -0.25) is 4.79 Å². The van der Waals surface area contributed by atoms with Gasteiger partial charge >= 0.3 is 5.97 Å². The number of halogens is 1. The van der Waals surface area contributed by atoms with Gasteiger partial charge in [-0.2, -0.15) is 0 Å². The van der Waals surface area contributed by atoms with Crippen molar-refractivity contribution in [1.82, 2.24) is 4.90 Å². The summed E-state index contributed by atoms with van der Waals surface area (Å²) in [5.74, 6) is 0.541. The van der Waals surface area contributed by atoms with Crippen LogP contribution in [0.4, 0.5) is 0 Å². The predicted octanol–water partition coefficient (Wildman–Crippen LogP) is 3.14. The van der Waals surface area contributed by atoms with Crippen molar-refractivity contribution in [2.24, 2.45) is 5.92 Å². The molecule has 0 radical (unpaired) electrons. The maximum Gasteiger partial charge on any atom is 0.308 e. The van der Waals surface area contributed by atoms with Gasteiger partial charge < -0.3 is 19.5 Å². The normalized spacial score (nSPS) is 23.5. The van der Waals surface area contributed by atoms with Crippen LogP contribution in [0.25, 0.3) is 0 Å². The van der Waals surface area contributed by atoms with Crippen LogP contribution in [0.1, 0.15) is 32.6 Å². The van der Waals surface area contributed by atoms with Gasteiger partial charge in [0.15, 0.2) is 0 Å². The molecule has 1 aliphatic rings. The molecule has 1 saturated carbocycles. The smallest absolute Gasteiger partial charge is 0.308 e. The summed E-state index contributed by atoms with van der Waals surface area (Å²) in [7, 11) is 1.97. The van der Waals surface area contributed by atoms with Crippen LogP contribution in [0.5, 0.6) is 5.75 Å². The largest absolute Gasteiger partial charge is 0.492 e. The summed E-state index contributed by atoms with van der Waals surface area (Å²) < 4.78 is 10.8. The van der Waals surface area contributed by atoms with Gasteiger partial charge in [-0.1, -0.05) is 17.7 Å². The van der Waals surface area contributed by atoms with Crippen molar-refractivity contribution in [2.75, 3.05) is 33.4 Å². The monoisotopic (exact) mass is 369 g/mol. The minimum absolute atomic E-state index is 0.0725. The van der Waals surface area contributed by atoms with Crippen LogP contribution in [0.3, 0.4) is 0 Å². The summed E-state index contributed by atoms with van der Waals surface area (Å²) in [6.45, 7) is 4.03. The zero-order chi connectivity index (χ0) is 18.3. The summed E-state index contributed by atoms with van der Waals surface area (Å²) in [6.07, 6.45) is 2.61. The van der Waals surface area contributed by atoms with Crippen LogP contribution < -0.4 is 4.74 Å². The molecule has 0 aromatic heterocycles. The Labute approximate surface area is 154 Å². The quantitative estimate of drug-likeness (QED) is 0.713. The molecule has 0 unspecified atom stereocenters. The number of likely N-dealkylation sites (N-methyl/N-ethyl adjacent to an activating group) is 1. The summed E-state index contributed by atoms with van der Waals surface area (Å²) in [5.41, 5.74) is -0.742. The van der Waals surface area contributed by atoms with Gasteiger partial charge in [0.1, 0.15) is 12.4 Å². The third kappa shape index (κ3) is 6.49. The van der Waals surface area contributed by atoms with E-state index in [9.17, 15) is 9.90 Å². The highest BCUT2D eigenvalue weighted by Gasteiger charge is 2.36. The molecule has 6 heteroatoms. The second kappa shape index (κ2) is 9.41. The molecule has 2 rings (SSSR count). The van der Waals surface area contributed by atoms with Gasteiger partial charge in [-0.05, 0) is 57.9 Å². The Morgan fingerprint density at radius 2 is 2.12 bits per heavy atom. The fourth-order valence-corrected chi connectivity index (χ4v) is 3.45. The number of nitrogens with zero attached hydrogens (tertiary/aromatic N) is 1. The molecule has 25 heavy (non-hydrogen) atoms. The lowest BCUT2D eigenvalue weighted by Gasteiger charge is -2.37. The minimum atomic E-state index is -0.742. The number of aliphatic hydroxyl groups is 1. The molecular formula is C19H28ClNO4. The number of rotatable bonds is 8. The van der Waals surface area contributed by atoms with E-state index in [4.69, 9.17) is 21.1 Å². The number of benzene rings is 1. The first kappa shape index (κ1) is 20.0. The van der Waals surface area contributed by atoms with Crippen molar-refractivity contribution in [3.63, 3.8) is 0 Å². The minimum Gasteiger partial charge on any atom is -0.492 e. The summed E-state index contributed by atoms with van der Waals surface area (Å²) >= 11 is 5.93. The molecule has 1 aromatic rings.